The van der Waals surface area contributed by atoms with Gasteiger partial charge in [0.2, 0.25) is 5.91 Å². The molecule has 2 aliphatic heterocycles. The fourth-order valence-corrected chi connectivity index (χ4v) is 3.56. The van der Waals surface area contributed by atoms with E-state index in [0.29, 0.717) is 13.1 Å². The van der Waals surface area contributed by atoms with Crippen molar-refractivity contribution < 1.29 is 14.0 Å². The molecule has 0 saturated carbocycles. The zero-order chi connectivity index (χ0) is 17.8. The number of hydrogen-bond donors (Lipinski definition) is 2. The van der Waals surface area contributed by atoms with E-state index in [0.717, 1.165) is 32.4 Å². The Morgan fingerprint density at radius 1 is 1.31 bits per heavy atom. The van der Waals surface area contributed by atoms with Gasteiger partial charge in [0.05, 0.1) is 11.6 Å². The molecule has 2 heterocycles. The van der Waals surface area contributed by atoms with E-state index in [9.17, 15) is 14.0 Å². The van der Waals surface area contributed by atoms with Gasteiger partial charge < -0.3 is 20.4 Å². The van der Waals surface area contributed by atoms with Gasteiger partial charge in [-0.05, 0) is 37.9 Å². The van der Waals surface area contributed by atoms with Crippen LogP contribution in [0.3, 0.4) is 0 Å². The Labute approximate surface area is 159 Å². The number of piperidine rings is 1. The molecule has 2 fully saturated rings. The smallest absolute Gasteiger partial charge is 0.321 e. The molecule has 3 amide bonds. The number of nitrogens with zero attached hydrogens (tertiary/aromatic N) is 2. The minimum atomic E-state index is -0.464. The summed E-state index contributed by atoms with van der Waals surface area (Å²) in [5.74, 6) is -0.559. The van der Waals surface area contributed by atoms with Gasteiger partial charge in [0.1, 0.15) is 5.82 Å². The van der Waals surface area contributed by atoms with Gasteiger partial charge in [0.25, 0.3) is 0 Å². The van der Waals surface area contributed by atoms with Crippen LogP contribution >= 0.6 is 12.4 Å². The van der Waals surface area contributed by atoms with Crippen molar-refractivity contribution in [2.24, 2.45) is 5.92 Å². The molecule has 2 aliphatic rings. The lowest BCUT2D eigenvalue weighted by molar-refractivity contribution is -0.137. The van der Waals surface area contributed by atoms with Crippen LogP contribution in [0.5, 0.6) is 0 Å². The molecule has 1 aromatic rings. The molecule has 2 atom stereocenters. The monoisotopic (exact) mass is 384 g/mol. The number of carbonyl (C=O) groups excluding carboxylic acids is 2. The molecule has 2 N–H and O–H groups in total. The van der Waals surface area contributed by atoms with E-state index < -0.39 is 5.82 Å². The van der Waals surface area contributed by atoms with E-state index in [-0.39, 0.29) is 42.0 Å². The van der Waals surface area contributed by atoms with Crippen molar-refractivity contribution >= 4 is 30.0 Å². The van der Waals surface area contributed by atoms with Crippen LogP contribution in [0.4, 0.5) is 14.9 Å². The van der Waals surface area contributed by atoms with E-state index in [1.807, 2.05) is 11.9 Å². The Hall–Kier alpha value is -1.86. The molecule has 2 saturated heterocycles. The van der Waals surface area contributed by atoms with Gasteiger partial charge in [-0.1, -0.05) is 12.1 Å². The van der Waals surface area contributed by atoms with E-state index >= 15 is 0 Å². The minimum Gasteiger partial charge on any atom is -0.341 e. The second-order valence-corrected chi connectivity index (χ2v) is 6.79. The quantitative estimate of drug-likeness (QED) is 0.840. The maximum atomic E-state index is 13.7. The van der Waals surface area contributed by atoms with Gasteiger partial charge in [0.15, 0.2) is 0 Å². The third-order valence-electron chi connectivity index (χ3n) is 5.10. The summed E-state index contributed by atoms with van der Waals surface area (Å²) in [6.07, 6.45) is 2.52. The first-order valence-electron chi connectivity index (χ1n) is 8.84. The number of halogens is 2. The van der Waals surface area contributed by atoms with E-state index in [1.165, 1.54) is 12.1 Å². The average molecular weight is 385 g/mol. The van der Waals surface area contributed by atoms with E-state index in [2.05, 4.69) is 10.6 Å². The van der Waals surface area contributed by atoms with Crippen LogP contribution in [-0.4, -0.2) is 61.0 Å². The van der Waals surface area contributed by atoms with Crippen molar-refractivity contribution in [2.75, 3.05) is 38.5 Å². The second kappa shape index (κ2) is 9.19. The predicted octanol–water partition coefficient (Wildman–Crippen LogP) is 2.31. The summed E-state index contributed by atoms with van der Waals surface area (Å²) in [6, 6.07) is 5.96. The number of carbonyl (C=O) groups is 2. The summed E-state index contributed by atoms with van der Waals surface area (Å²) in [5, 5.41) is 5.87. The highest BCUT2D eigenvalue weighted by molar-refractivity contribution is 5.90. The standard InChI is InChI=1S/C18H25FN4O2.ClH/c1-22(14-8-9-20-11-14)17(24)13-5-4-10-23(12-13)18(25)21-16-7-3-2-6-15(16)19;/h2-3,6-7,13-14,20H,4-5,8-12H2,1H3,(H,21,25);1H. The van der Waals surface area contributed by atoms with Crippen LogP contribution in [0.25, 0.3) is 0 Å². The van der Waals surface area contributed by atoms with Crippen molar-refractivity contribution in [1.82, 2.24) is 15.1 Å². The minimum absolute atomic E-state index is 0. The SMILES string of the molecule is CN(C(=O)C1CCCN(C(=O)Nc2ccccc2F)C1)C1CCNC1.Cl. The fraction of sp³-hybridized carbons (Fsp3) is 0.556. The van der Waals surface area contributed by atoms with E-state index in [4.69, 9.17) is 0 Å². The summed E-state index contributed by atoms with van der Waals surface area (Å²) in [6.45, 7) is 2.72. The maximum absolute atomic E-state index is 13.7. The molecule has 0 aromatic heterocycles. The molecular weight excluding hydrogens is 359 g/mol. The molecule has 0 spiro atoms. The highest BCUT2D eigenvalue weighted by atomic mass is 35.5. The Balaban J connectivity index is 0.00000243. The van der Waals surface area contributed by atoms with Gasteiger partial charge in [0, 0.05) is 32.7 Å². The molecule has 0 radical (unpaired) electrons. The van der Waals surface area contributed by atoms with Gasteiger partial charge in [-0.15, -0.1) is 12.4 Å². The number of benzene rings is 1. The summed E-state index contributed by atoms with van der Waals surface area (Å²) >= 11 is 0. The molecule has 2 unspecified atom stereocenters. The summed E-state index contributed by atoms with van der Waals surface area (Å²) in [5.41, 5.74) is 0.162. The summed E-state index contributed by atoms with van der Waals surface area (Å²) in [4.78, 5) is 28.6. The molecule has 3 rings (SSSR count). The molecule has 0 bridgehead atoms. The normalized spacial score (nSPS) is 22.5. The fourth-order valence-electron chi connectivity index (χ4n) is 3.56. The molecule has 1 aromatic carbocycles. The first-order valence-corrected chi connectivity index (χ1v) is 8.84. The number of anilines is 1. The number of hydrogen-bond acceptors (Lipinski definition) is 3. The molecule has 0 aliphatic carbocycles. The number of para-hydroxylation sites is 1. The number of likely N-dealkylation sites (N-methyl/N-ethyl adjacent to an activating group) is 1. The highest BCUT2D eigenvalue weighted by Gasteiger charge is 2.33. The number of urea groups is 1. The van der Waals surface area contributed by atoms with Crippen molar-refractivity contribution in [1.29, 1.82) is 0 Å². The van der Waals surface area contributed by atoms with Crippen molar-refractivity contribution in [3.8, 4) is 0 Å². The van der Waals surface area contributed by atoms with E-state index in [1.54, 1.807) is 17.0 Å². The molecule has 8 heteroatoms. The average Bonchev–Trinajstić information content (AvgIpc) is 3.17. The Bertz CT molecular complexity index is 639. The van der Waals surface area contributed by atoms with Gasteiger partial charge in [-0.25, -0.2) is 9.18 Å². The van der Waals surface area contributed by atoms with Crippen molar-refractivity contribution in [2.45, 2.75) is 25.3 Å². The lowest BCUT2D eigenvalue weighted by Gasteiger charge is -2.35. The van der Waals surface area contributed by atoms with Gasteiger partial charge >= 0.3 is 6.03 Å². The number of amides is 3. The summed E-state index contributed by atoms with van der Waals surface area (Å²) in [7, 11) is 1.85. The van der Waals surface area contributed by atoms with Crippen molar-refractivity contribution in [3.05, 3.63) is 30.1 Å². The third kappa shape index (κ3) is 4.65. The van der Waals surface area contributed by atoms with Crippen LogP contribution in [0, 0.1) is 11.7 Å². The topological polar surface area (TPSA) is 64.7 Å². The predicted molar refractivity (Wildman–Crippen MR) is 101 cm³/mol. The van der Waals surface area contributed by atoms with Crippen LogP contribution < -0.4 is 10.6 Å². The summed E-state index contributed by atoms with van der Waals surface area (Å²) < 4.78 is 13.7. The van der Waals surface area contributed by atoms with Crippen LogP contribution in [-0.2, 0) is 4.79 Å². The second-order valence-electron chi connectivity index (χ2n) is 6.79. The number of rotatable bonds is 3. The van der Waals surface area contributed by atoms with Crippen LogP contribution in [0.1, 0.15) is 19.3 Å². The Morgan fingerprint density at radius 2 is 2.08 bits per heavy atom. The highest BCUT2D eigenvalue weighted by Crippen LogP contribution is 2.22. The number of nitrogens with one attached hydrogen (secondary N) is 2. The maximum Gasteiger partial charge on any atom is 0.321 e. The molecule has 6 nitrogen and oxygen atoms in total. The third-order valence-corrected chi connectivity index (χ3v) is 5.10. The Kier molecular flexibility index (Phi) is 7.23. The van der Waals surface area contributed by atoms with Crippen LogP contribution in [0.2, 0.25) is 0 Å². The van der Waals surface area contributed by atoms with Gasteiger partial charge in [-0.3, -0.25) is 4.79 Å². The largest absolute Gasteiger partial charge is 0.341 e. The molecule has 144 valence electrons. The zero-order valence-electron chi connectivity index (χ0n) is 14.9. The molecular formula is C18H26ClFN4O2. The van der Waals surface area contributed by atoms with Crippen molar-refractivity contribution in [3.63, 3.8) is 0 Å². The van der Waals surface area contributed by atoms with Gasteiger partial charge in [-0.2, -0.15) is 0 Å². The first kappa shape index (κ1) is 20.5. The van der Waals surface area contributed by atoms with Crippen LogP contribution in [0.15, 0.2) is 24.3 Å². The Morgan fingerprint density at radius 3 is 2.77 bits per heavy atom. The zero-order valence-corrected chi connectivity index (χ0v) is 15.7. The lowest BCUT2D eigenvalue weighted by Crippen LogP contribution is -2.49. The lowest BCUT2D eigenvalue weighted by atomic mass is 9.96. The molecule has 26 heavy (non-hydrogen) atoms. The first-order chi connectivity index (χ1) is 12.1. The number of likely N-dealkylation sites (tertiary alicyclic amines) is 1.